The molecule has 3 aromatic heterocycles. The van der Waals surface area contributed by atoms with Crippen molar-refractivity contribution in [1.29, 1.82) is 0 Å². The number of amides is 2. The molecule has 2 N–H and O–H groups in total. The van der Waals surface area contributed by atoms with Crippen molar-refractivity contribution >= 4 is 29.3 Å². The second-order valence-corrected chi connectivity index (χ2v) is 15.7. The van der Waals surface area contributed by atoms with Gasteiger partial charge in [0.05, 0.1) is 11.4 Å². The summed E-state index contributed by atoms with van der Waals surface area (Å²) in [5, 5.41) is 20.2. The Morgan fingerprint density at radius 1 is 0.789 bits per heavy atom. The van der Waals surface area contributed by atoms with Gasteiger partial charge < -0.3 is 10.1 Å². The van der Waals surface area contributed by atoms with Crippen molar-refractivity contribution in [3.05, 3.63) is 185 Å². The van der Waals surface area contributed by atoms with Crippen molar-refractivity contribution < 1.29 is 9.53 Å². The molecule has 0 bridgehead atoms. The normalized spacial score (nSPS) is 11.4. The van der Waals surface area contributed by atoms with Crippen LogP contribution in [0.1, 0.15) is 47.4 Å². The van der Waals surface area contributed by atoms with Crippen LogP contribution in [0.4, 0.5) is 10.6 Å². The van der Waals surface area contributed by atoms with E-state index in [1.807, 2.05) is 108 Å². The highest BCUT2D eigenvalue weighted by Gasteiger charge is 2.28. The van der Waals surface area contributed by atoms with E-state index in [0.29, 0.717) is 19.0 Å². The zero-order chi connectivity index (χ0) is 39.4. The number of hydrogen-bond donors (Lipinski definition) is 2. The number of nitrogens with zero attached hydrogens (tertiary/aromatic N) is 5. The quantitative estimate of drug-likeness (QED) is 0.128. The Labute approximate surface area is 336 Å². The van der Waals surface area contributed by atoms with Crippen LogP contribution < -0.4 is 15.4 Å². The van der Waals surface area contributed by atoms with Crippen LogP contribution in [0.15, 0.2) is 162 Å². The molecule has 5 aromatic carbocycles. The van der Waals surface area contributed by atoms with Crippen LogP contribution in [0.5, 0.6) is 5.75 Å². The Balaban J connectivity index is 1.01. The Morgan fingerprint density at radius 3 is 2.32 bits per heavy atom. The molecule has 284 valence electrons. The van der Waals surface area contributed by atoms with E-state index in [2.05, 4.69) is 97.2 Å². The van der Waals surface area contributed by atoms with E-state index in [0.717, 1.165) is 66.2 Å². The summed E-state index contributed by atoms with van der Waals surface area (Å²) in [5.41, 5.74) is 8.54. The Hall–Kier alpha value is -6.65. The molecule has 0 aliphatic heterocycles. The molecule has 0 atom stereocenters. The summed E-state index contributed by atoms with van der Waals surface area (Å²) in [7, 11) is 0. The van der Waals surface area contributed by atoms with E-state index in [4.69, 9.17) is 9.84 Å². The molecule has 0 aliphatic rings. The van der Waals surface area contributed by atoms with Gasteiger partial charge in [0, 0.05) is 39.6 Å². The predicted octanol–water partition coefficient (Wildman–Crippen LogP) is 10.6. The fourth-order valence-electron chi connectivity index (χ4n) is 6.67. The van der Waals surface area contributed by atoms with Crippen molar-refractivity contribution in [1.82, 2.24) is 29.7 Å². The number of carbonyl (C=O) groups is 1. The first-order valence-corrected chi connectivity index (χ1v) is 19.7. The van der Waals surface area contributed by atoms with Crippen LogP contribution in [0.2, 0.25) is 0 Å². The molecule has 3 heterocycles. The number of ether oxygens (including phenoxy) is 1. The van der Waals surface area contributed by atoms with Gasteiger partial charge in [0.1, 0.15) is 18.2 Å². The number of aromatic nitrogens is 5. The molecule has 0 radical (unpaired) electrons. The monoisotopic (exact) mass is 769 g/mol. The first-order valence-electron chi connectivity index (χ1n) is 18.9. The maximum atomic E-state index is 13.7. The summed E-state index contributed by atoms with van der Waals surface area (Å²) in [6.07, 6.45) is 2.07. The number of aryl methyl sites for hydroxylation is 2. The van der Waals surface area contributed by atoms with Gasteiger partial charge in [0.15, 0.2) is 11.5 Å². The number of urea groups is 1. The maximum absolute atomic E-state index is 13.7. The van der Waals surface area contributed by atoms with E-state index < -0.39 is 5.41 Å². The van der Waals surface area contributed by atoms with E-state index in [-0.39, 0.29) is 6.03 Å². The first-order chi connectivity index (χ1) is 27.7. The molecule has 9 nitrogen and oxygen atoms in total. The summed E-state index contributed by atoms with van der Waals surface area (Å²) < 4.78 is 9.86. The summed E-state index contributed by atoms with van der Waals surface area (Å²) in [5.74, 6) is 2.09. The van der Waals surface area contributed by atoms with E-state index in [9.17, 15) is 4.79 Å². The molecule has 8 rings (SSSR count). The lowest BCUT2D eigenvalue weighted by Crippen LogP contribution is -2.29. The summed E-state index contributed by atoms with van der Waals surface area (Å²) in [6, 6.07) is 48.2. The van der Waals surface area contributed by atoms with Crippen molar-refractivity contribution in [2.45, 2.75) is 56.1 Å². The molecule has 0 unspecified atom stereocenters. The molecular weight excluding hydrogens is 727 g/mol. The second kappa shape index (κ2) is 16.2. The Morgan fingerprint density at radius 2 is 1.53 bits per heavy atom. The number of nitrogens with one attached hydrogen (secondary N) is 2. The average Bonchev–Trinajstić information content (AvgIpc) is 3.85. The lowest BCUT2D eigenvalue weighted by atomic mass is 9.81. The topological polar surface area (TPSA) is 98.4 Å². The number of pyridine rings is 1. The van der Waals surface area contributed by atoms with Crippen molar-refractivity contribution in [2.24, 2.45) is 0 Å². The number of rotatable bonds is 12. The zero-order valence-electron chi connectivity index (χ0n) is 32.3. The highest BCUT2D eigenvalue weighted by molar-refractivity contribution is 7.99. The summed E-state index contributed by atoms with van der Waals surface area (Å²) >= 11 is 1.63. The largest absolute Gasteiger partial charge is 0.489 e. The van der Waals surface area contributed by atoms with Crippen molar-refractivity contribution in [2.75, 3.05) is 5.32 Å². The molecule has 0 spiro atoms. The predicted molar refractivity (Wildman–Crippen MR) is 227 cm³/mol. The number of benzene rings is 5. The number of carbonyl (C=O) groups excluding carboxylic acids is 1. The van der Waals surface area contributed by atoms with Gasteiger partial charge in [-0.25, -0.2) is 9.48 Å². The third-order valence-corrected chi connectivity index (χ3v) is 11.2. The molecule has 0 aliphatic carbocycles. The minimum absolute atomic E-state index is 0.321. The molecule has 0 fully saturated rings. The highest BCUT2D eigenvalue weighted by atomic mass is 32.2. The van der Waals surface area contributed by atoms with Crippen LogP contribution >= 0.6 is 11.8 Å². The number of hydrogen-bond acceptors (Lipinski definition) is 6. The van der Waals surface area contributed by atoms with Gasteiger partial charge in [-0.15, -0.1) is 10.2 Å². The number of fused-ring (bicyclic) bond motifs is 1. The van der Waals surface area contributed by atoms with Gasteiger partial charge in [0.2, 0.25) is 0 Å². The average molecular weight is 770 g/mol. The summed E-state index contributed by atoms with van der Waals surface area (Å²) in [6.45, 7) is 9.24. The third-order valence-electron chi connectivity index (χ3n) is 10.1. The molecule has 10 heteroatoms. The van der Waals surface area contributed by atoms with Gasteiger partial charge in [-0.1, -0.05) is 128 Å². The van der Waals surface area contributed by atoms with Gasteiger partial charge in [-0.3, -0.25) is 9.72 Å². The van der Waals surface area contributed by atoms with Crippen LogP contribution in [-0.2, 0) is 18.6 Å². The minimum atomic E-state index is -0.433. The standard InChI is InChI=1S/C47H43N7O2S/c1-32-18-20-36(21-19-32)47(3,4)42-28-44(54(52-42)37-22-24-38(25-23-37)56-31-34-13-6-5-7-14-34)49-46(55)48-29-35-15-9-11-17-41(35)57-39-26-27-43-50-51-45(53(43)30-39)40-16-10-8-12-33(40)2/h5-28,30H,29,31H2,1-4H3,(H2,48,49,55). The maximum Gasteiger partial charge on any atom is 0.320 e. The fourth-order valence-corrected chi connectivity index (χ4v) is 7.63. The molecule has 0 saturated carbocycles. The van der Waals surface area contributed by atoms with Gasteiger partial charge in [-0.05, 0) is 78.6 Å². The van der Waals surface area contributed by atoms with Crippen LogP contribution in [0.3, 0.4) is 0 Å². The van der Waals surface area contributed by atoms with E-state index in [1.54, 1.807) is 16.4 Å². The lowest BCUT2D eigenvalue weighted by molar-refractivity contribution is 0.251. The SMILES string of the molecule is Cc1ccc(C(C)(C)c2cc(NC(=O)NCc3ccccc3Sc3ccc4nnc(-c5ccccc5C)n4c3)n(-c3ccc(OCc4ccccc4)cc3)n2)cc1. The van der Waals surface area contributed by atoms with Crippen LogP contribution in [-0.4, -0.2) is 30.4 Å². The fraction of sp³-hybridized carbons (Fsp3) is 0.149. The Bertz CT molecular complexity index is 2650. The van der Waals surface area contributed by atoms with E-state index in [1.165, 1.54) is 5.56 Å². The van der Waals surface area contributed by atoms with Gasteiger partial charge in [-0.2, -0.15) is 5.10 Å². The smallest absolute Gasteiger partial charge is 0.320 e. The summed E-state index contributed by atoms with van der Waals surface area (Å²) in [4.78, 5) is 15.7. The van der Waals surface area contributed by atoms with E-state index >= 15 is 0 Å². The molecule has 2 amide bonds. The van der Waals surface area contributed by atoms with Gasteiger partial charge >= 0.3 is 6.03 Å². The Kier molecular flexibility index (Phi) is 10.6. The van der Waals surface area contributed by atoms with Gasteiger partial charge in [0.25, 0.3) is 0 Å². The molecular formula is C47H43N7O2S. The second-order valence-electron chi connectivity index (χ2n) is 14.5. The van der Waals surface area contributed by atoms with Crippen molar-refractivity contribution in [3.8, 4) is 22.8 Å². The lowest BCUT2D eigenvalue weighted by Gasteiger charge is -2.23. The van der Waals surface area contributed by atoms with Crippen LogP contribution in [0.25, 0.3) is 22.7 Å². The van der Waals surface area contributed by atoms with Crippen LogP contribution in [0, 0.1) is 13.8 Å². The molecule has 8 aromatic rings. The van der Waals surface area contributed by atoms with Crippen molar-refractivity contribution in [3.63, 3.8) is 0 Å². The first kappa shape index (κ1) is 37.3. The molecule has 0 saturated heterocycles. The highest BCUT2D eigenvalue weighted by Crippen LogP contribution is 2.35. The number of anilines is 1. The third kappa shape index (κ3) is 8.32. The minimum Gasteiger partial charge on any atom is -0.489 e. The zero-order valence-corrected chi connectivity index (χ0v) is 33.1. The molecule has 57 heavy (non-hydrogen) atoms.